The van der Waals surface area contributed by atoms with E-state index in [1.165, 1.54) is 6.33 Å². The lowest BCUT2D eigenvalue weighted by Crippen LogP contribution is -2.44. The van der Waals surface area contributed by atoms with Crippen LogP contribution in [-0.4, -0.2) is 39.4 Å². The van der Waals surface area contributed by atoms with Gasteiger partial charge in [0.1, 0.15) is 5.69 Å². The third kappa shape index (κ3) is 2.66. The first-order valence-corrected chi connectivity index (χ1v) is 6.27. The third-order valence-corrected chi connectivity index (χ3v) is 3.51. The van der Waals surface area contributed by atoms with Crippen LogP contribution in [0.2, 0.25) is 0 Å². The molecule has 3 N–H and O–H groups in total. The number of hydrogen-bond acceptors (Lipinski definition) is 3. The Morgan fingerprint density at radius 3 is 2.76 bits per heavy atom. The highest BCUT2D eigenvalue weighted by molar-refractivity contribution is 5.92. The van der Waals surface area contributed by atoms with Gasteiger partial charge in [-0.1, -0.05) is 0 Å². The number of carbonyl (C=O) groups excluding carboxylic acids is 1. The number of aromatic amines is 1. The molecule has 2 rings (SSSR count). The minimum Gasteiger partial charge on any atom is -0.341 e. The predicted octanol–water partition coefficient (Wildman–Crippen LogP) is 1.14. The van der Waals surface area contributed by atoms with Gasteiger partial charge in [-0.2, -0.15) is 0 Å². The van der Waals surface area contributed by atoms with E-state index >= 15 is 0 Å². The molecule has 1 aliphatic rings. The lowest BCUT2D eigenvalue weighted by atomic mass is 9.90. The smallest absolute Gasteiger partial charge is 0.272 e. The number of nitrogens with zero attached hydrogens (tertiary/aromatic N) is 2. The van der Waals surface area contributed by atoms with Crippen molar-refractivity contribution >= 4 is 5.91 Å². The molecule has 0 saturated heterocycles. The van der Waals surface area contributed by atoms with E-state index in [0.717, 1.165) is 32.2 Å². The highest BCUT2D eigenvalue weighted by Gasteiger charge is 2.27. The summed E-state index contributed by atoms with van der Waals surface area (Å²) in [5, 5.41) is 0. The lowest BCUT2D eigenvalue weighted by molar-refractivity contribution is 0.0635. The van der Waals surface area contributed by atoms with Gasteiger partial charge in [0.2, 0.25) is 0 Å². The highest BCUT2D eigenvalue weighted by atomic mass is 16.2. The molecule has 1 heterocycles. The van der Waals surface area contributed by atoms with Crippen molar-refractivity contribution < 1.29 is 4.79 Å². The number of imidazole rings is 1. The van der Waals surface area contributed by atoms with Gasteiger partial charge in [-0.3, -0.25) is 4.79 Å². The molecule has 94 valence electrons. The molecule has 1 aromatic heterocycles. The van der Waals surface area contributed by atoms with Gasteiger partial charge < -0.3 is 15.6 Å². The van der Waals surface area contributed by atoms with Crippen molar-refractivity contribution in [3.8, 4) is 0 Å². The Hall–Kier alpha value is -1.36. The van der Waals surface area contributed by atoms with Crippen LogP contribution in [0.3, 0.4) is 0 Å². The molecule has 5 heteroatoms. The van der Waals surface area contributed by atoms with Gasteiger partial charge in [-0.15, -0.1) is 0 Å². The summed E-state index contributed by atoms with van der Waals surface area (Å²) in [6.07, 6.45) is 7.16. The molecule has 0 aliphatic heterocycles. The zero-order valence-electron chi connectivity index (χ0n) is 10.2. The standard InChI is InChI=1S/C12H20N4O/c1-2-16(10-5-3-9(13)4-6-10)12(17)11-7-14-8-15-11/h7-10H,2-6,13H2,1H3,(H,14,15). The summed E-state index contributed by atoms with van der Waals surface area (Å²) in [7, 11) is 0. The molecular formula is C12H20N4O. The van der Waals surface area contributed by atoms with Crippen LogP contribution < -0.4 is 5.73 Å². The Kier molecular flexibility index (Phi) is 3.78. The molecule has 0 radical (unpaired) electrons. The molecule has 0 bridgehead atoms. The summed E-state index contributed by atoms with van der Waals surface area (Å²) >= 11 is 0. The fraction of sp³-hybridized carbons (Fsp3) is 0.667. The number of aromatic nitrogens is 2. The predicted molar refractivity (Wildman–Crippen MR) is 65.5 cm³/mol. The molecule has 1 saturated carbocycles. The number of rotatable bonds is 3. The van der Waals surface area contributed by atoms with E-state index < -0.39 is 0 Å². The van der Waals surface area contributed by atoms with Crippen molar-refractivity contribution in [1.29, 1.82) is 0 Å². The maximum Gasteiger partial charge on any atom is 0.272 e. The van der Waals surface area contributed by atoms with E-state index in [9.17, 15) is 4.79 Å². The number of hydrogen-bond donors (Lipinski definition) is 2. The molecule has 0 aromatic carbocycles. The van der Waals surface area contributed by atoms with Gasteiger partial charge in [-0.25, -0.2) is 4.98 Å². The third-order valence-electron chi connectivity index (χ3n) is 3.51. The summed E-state index contributed by atoms with van der Waals surface area (Å²) in [5.41, 5.74) is 6.46. The Bertz CT molecular complexity index is 355. The van der Waals surface area contributed by atoms with Crippen molar-refractivity contribution in [2.45, 2.75) is 44.7 Å². The summed E-state index contributed by atoms with van der Waals surface area (Å²) in [6, 6.07) is 0.641. The van der Waals surface area contributed by atoms with Crippen LogP contribution in [0.5, 0.6) is 0 Å². The SMILES string of the molecule is CCN(C(=O)c1cnc[nH]1)C1CCC(N)CC1. The first-order chi connectivity index (χ1) is 8.22. The first-order valence-electron chi connectivity index (χ1n) is 6.27. The lowest BCUT2D eigenvalue weighted by Gasteiger charge is -2.35. The van der Waals surface area contributed by atoms with Crippen molar-refractivity contribution in [2.24, 2.45) is 5.73 Å². The molecule has 5 nitrogen and oxygen atoms in total. The Balaban J connectivity index is 2.03. The van der Waals surface area contributed by atoms with Crippen molar-refractivity contribution in [2.75, 3.05) is 6.54 Å². The quantitative estimate of drug-likeness (QED) is 0.826. The number of carbonyl (C=O) groups is 1. The molecule has 1 fully saturated rings. The van der Waals surface area contributed by atoms with E-state index in [4.69, 9.17) is 5.73 Å². The second-order valence-electron chi connectivity index (χ2n) is 4.63. The van der Waals surface area contributed by atoms with Crippen molar-refractivity contribution in [3.63, 3.8) is 0 Å². The zero-order chi connectivity index (χ0) is 12.3. The average Bonchev–Trinajstić information content (AvgIpc) is 2.86. The molecule has 0 atom stereocenters. The normalized spacial score (nSPS) is 24.6. The van der Waals surface area contributed by atoms with Gasteiger partial charge in [0, 0.05) is 18.6 Å². The van der Waals surface area contributed by atoms with Crippen LogP contribution in [0.15, 0.2) is 12.5 Å². The van der Waals surface area contributed by atoms with Crippen LogP contribution in [0.4, 0.5) is 0 Å². The maximum atomic E-state index is 12.2. The van der Waals surface area contributed by atoms with Crippen LogP contribution in [0.1, 0.15) is 43.1 Å². The maximum absolute atomic E-state index is 12.2. The summed E-state index contributed by atoms with van der Waals surface area (Å²) in [5.74, 6) is 0.0467. The molecule has 0 spiro atoms. The fourth-order valence-electron chi connectivity index (χ4n) is 2.51. The fourth-order valence-corrected chi connectivity index (χ4v) is 2.51. The molecular weight excluding hydrogens is 216 g/mol. The van der Waals surface area contributed by atoms with E-state index in [-0.39, 0.29) is 5.91 Å². The van der Waals surface area contributed by atoms with Gasteiger partial charge in [0.15, 0.2) is 0 Å². The van der Waals surface area contributed by atoms with E-state index in [0.29, 0.717) is 17.8 Å². The van der Waals surface area contributed by atoms with Crippen LogP contribution in [0.25, 0.3) is 0 Å². The first kappa shape index (κ1) is 12.1. The summed E-state index contributed by atoms with van der Waals surface area (Å²) in [6.45, 7) is 2.75. The second kappa shape index (κ2) is 5.31. The van der Waals surface area contributed by atoms with Gasteiger partial charge >= 0.3 is 0 Å². The van der Waals surface area contributed by atoms with E-state index in [2.05, 4.69) is 9.97 Å². The summed E-state index contributed by atoms with van der Waals surface area (Å²) < 4.78 is 0. The Morgan fingerprint density at radius 2 is 2.24 bits per heavy atom. The van der Waals surface area contributed by atoms with Crippen molar-refractivity contribution in [3.05, 3.63) is 18.2 Å². The van der Waals surface area contributed by atoms with Gasteiger partial charge in [0.05, 0.1) is 12.5 Å². The van der Waals surface area contributed by atoms with Crippen LogP contribution in [-0.2, 0) is 0 Å². The Labute approximate surface area is 101 Å². The van der Waals surface area contributed by atoms with Gasteiger partial charge in [0.25, 0.3) is 5.91 Å². The minimum absolute atomic E-state index is 0.0467. The molecule has 17 heavy (non-hydrogen) atoms. The largest absolute Gasteiger partial charge is 0.341 e. The van der Waals surface area contributed by atoms with E-state index in [1.807, 2.05) is 11.8 Å². The molecule has 1 aliphatic carbocycles. The van der Waals surface area contributed by atoms with Crippen LogP contribution >= 0.6 is 0 Å². The molecule has 0 unspecified atom stereocenters. The molecule has 1 amide bonds. The second-order valence-corrected chi connectivity index (χ2v) is 4.63. The number of nitrogens with one attached hydrogen (secondary N) is 1. The Morgan fingerprint density at radius 1 is 1.53 bits per heavy atom. The zero-order valence-corrected chi connectivity index (χ0v) is 10.2. The highest BCUT2D eigenvalue weighted by Crippen LogP contribution is 2.23. The van der Waals surface area contributed by atoms with Crippen LogP contribution in [0, 0.1) is 0 Å². The molecule has 1 aromatic rings. The van der Waals surface area contributed by atoms with E-state index in [1.54, 1.807) is 6.20 Å². The van der Waals surface area contributed by atoms with Crippen molar-refractivity contribution in [1.82, 2.24) is 14.9 Å². The summed E-state index contributed by atoms with van der Waals surface area (Å²) in [4.78, 5) is 20.9. The average molecular weight is 236 g/mol. The number of nitrogens with two attached hydrogens (primary N) is 1. The topological polar surface area (TPSA) is 75.0 Å². The van der Waals surface area contributed by atoms with Gasteiger partial charge in [-0.05, 0) is 32.6 Å². The minimum atomic E-state index is 0.0467. The number of amides is 1. The monoisotopic (exact) mass is 236 g/mol. The number of H-pyrrole nitrogens is 1.